The molecule has 0 saturated carbocycles. The lowest BCUT2D eigenvalue weighted by Gasteiger charge is -2.30. The molecule has 3 rings (SSSR count). The number of carbonyl (C=O) groups is 1. The number of β-amino-alcohol motifs (C(OH)–C–C–N with tert-alkyl or cyclic N) is 1. The van der Waals surface area contributed by atoms with Gasteiger partial charge in [-0.2, -0.15) is 0 Å². The minimum Gasteiger partial charge on any atom is -0.390 e. The van der Waals surface area contributed by atoms with Gasteiger partial charge in [-0.05, 0) is 37.6 Å². The number of aliphatic hydroxyl groups excluding tert-OH is 1. The first-order chi connectivity index (χ1) is 12.1. The molecule has 6 heteroatoms. The number of nitrogens with zero attached hydrogens (tertiary/aromatic N) is 3. The summed E-state index contributed by atoms with van der Waals surface area (Å²) in [6.45, 7) is 6.21. The van der Waals surface area contributed by atoms with Gasteiger partial charge in [0.05, 0.1) is 6.10 Å². The van der Waals surface area contributed by atoms with Crippen LogP contribution in [0.25, 0.3) is 0 Å². The normalized spacial score (nSPS) is 20.6. The number of hydrogen-bond donors (Lipinski definition) is 2. The third-order valence-corrected chi connectivity index (χ3v) is 5.17. The second-order valence-corrected chi connectivity index (χ2v) is 7.24. The van der Waals surface area contributed by atoms with Crippen LogP contribution >= 0.6 is 0 Å². The molecule has 0 spiro atoms. The fraction of sp³-hybridized carbons (Fsp3) is 0.632. The molecular weight excluding hydrogens is 316 g/mol. The Labute approximate surface area is 150 Å². The summed E-state index contributed by atoms with van der Waals surface area (Å²) in [7, 11) is 2.09. The first-order valence-corrected chi connectivity index (χ1v) is 9.30. The number of likely N-dealkylation sites (N-methyl/N-ethyl adjacent to an activating group) is 1. The first-order valence-electron chi connectivity index (χ1n) is 9.30. The van der Waals surface area contributed by atoms with Gasteiger partial charge in [-0.3, -0.25) is 4.90 Å². The molecule has 1 unspecified atom stereocenters. The monoisotopic (exact) mass is 346 g/mol. The van der Waals surface area contributed by atoms with Gasteiger partial charge in [0.1, 0.15) is 0 Å². The third kappa shape index (κ3) is 5.17. The van der Waals surface area contributed by atoms with E-state index in [0.717, 1.165) is 52.1 Å². The summed E-state index contributed by atoms with van der Waals surface area (Å²) >= 11 is 0. The zero-order valence-corrected chi connectivity index (χ0v) is 15.2. The summed E-state index contributed by atoms with van der Waals surface area (Å²) in [6, 6.07) is 8.43. The maximum Gasteiger partial charge on any atom is 0.317 e. The molecule has 1 aromatic carbocycles. The van der Waals surface area contributed by atoms with Crippen molar-refractivity contribution in [3.63, 3.8) is 0 Å². The molecule has 0 aliphatic carbocycles. The second kappa shape index (κ2) is 8.65. The highest BCUT2D eigenvalue weighted by molar-refractivity contribution is 5.74. The largest absolute Gasteiger partial charge is 0.390 e. The van der Waals surface area contributed by atoms with Crippen LogP contribution in [-0.2, 0) is 13.0 Å². The highest BCUT2D eigenvalue weighted by atomic mass is 16.3. The number of hydrogen-bond acceptors (Lipinski definition) is 4. The van der Waals surface area contributed by atoms with Crippen molar-refractivity contribution in [3.05, 3.63) is 35.4 Å². The van der Waals surface area contributed by atoms with E-state index >= 15 is 0 Å². The predicted octanol–water partition coefficient (Wildman–Crippen LogP) is 0.753. The van der Waals surface area contributed by atoms with Crippen LogP contribution in [0, 0.1) is 0 Å². The van der Waals surface area contributed by atoms with Crippen molar-refractivity contribution >= 4 is 6.03 Å². The summed E-state index contributed by atoms with van der Waals surface area (Å²) in [5.74, 6) is 0. The Morgan fingerprint density at radius 2 is 1.96 bits per heavy atom. The highest BCUT2D eigenvalue weighted by Gasteiger charge is 2.20. The van der Waals surface area contributed by atoms with E-state index in [9.17, 15) is 9.90 Å². The van der Waals surface area contributed by atoms with E-state index in [2.05, 4.69) is 46.4 Å². The average molecular weight is 346 g/mol. The fourth-order valence-electron chi connectivity index (χ4n) is 3.64. The van der Waals surface area contributed by atoms with Gasteiger partial charge >= 0.3 is 6.03 Å². The zero-order chi connectivity index (χ0) is 17.6. The smallest absolute Gasteiger partial charge is 0.317 e. The van der Waals surface area contributed by atoms with E-state index in [-0.39, 0.29) is 6.03 Å². The third-order valence-electron chi connectivity index (χ3n) is 5.17. The Morgan fingerprint density at radius 3 is 2.80 bits per heavy atom. The minimum atomic E-state index is -0.538. The molecule has 1 aromatic rings. The van der Waals surface area contributed by atoms with Crippen LogP contribution in [-0.4, -0.2) is 84.8 Å². The van der Waals surface area contributed by atoms with E-state index in [1.165, 1.54) is 11.1 Å². The van der Waals surface area contributed by atoms with Crippen molar-refractivity contribution in [2.45, 2.75) is 25.5 Å². The SMILES string of the molecule is CN1CCCN(C(=O)NCC(O)CN2CCc3ccccc3C2)CC1. The number of carbonyl (C=O) groups excluding carboxylic acids is 1. The Hall–Kier alpha value is -1.63. The summed E-state index contributed by atoms with van der Waals surface area (Å²) in [5.41, 5.74) is 2.76. The summed E-state index contributed by atoms with van der Waals surface area (Å²) in [5, 5.41) is 13.2. The molecule has 2 aliphatic rings. The number of rotatable bonds is 4. The number of aliphatic hydroxyl groups is 1. The van der Waals surface area contributed by atoms with Gasteiger partial charge in [0.2, 0.25) is 0 Å². The molecule has 1 atom stereocenters. The van der Waals surface area contributed by atoms with E-state index in [4.69, 9.17) is 0 Å². The topological polar surface area (TPSA) is 59.1 Å². The molecule has 2 heterocycles. The molecule has 25 heavy (non-hydrogen) atoms. The number of urea groups is 1. The Morgan fingerprint density at radius 1 is 1.16 bits per heavy atom. The molecule has 1 saturated heterocycles. The van der Waals surface area contributed by atoms with E-state index in [1.54, 1.807) is 0 Å². The summed E-state index contributed by atoms with van der Waals surface area (Å²) in [6.07, 6.45) is 1.49. The van der Waals surface area contributed by atoms with Gasteiger partial charge < -0.3 is 20.2 Å². The highest BCUT2D eigenvalue weighted by Crippen LogP contribution is 2.18. The Balaban J connectivity index is 1.41. The maximum atomic E-state index is 12.3. The first kappa shape index (κ1) is 18.2. The van der Waals surface area contributed by atoms with Crippen LogP contribution in [0.1, 0.15) is 17.5 Å². The van der Waals surface area contributed by atoms with Crippen LogP contribution in [0.5, 0.6) is 0 Å². The van der Waals surface area contributed by atoms with Gasteiger partial charge in [-0.25, -0.2) is 4.79 Å². The molecule has 2 aliphatic heterocycles. The van der Waals surface area contributed by atoms with Crippen molar-refractivity contribution in [1.82, 2.24) is 20.0 Å². The van der Waals surface area contributed by atoms with Crippen LogP contribution in [0.15, 0.2) is 24.3 Å². The van der Waals surface area contributed by atoms with Gasteiger partial charge in [-0.1, -0.05) is 24.3 Å². The molecule has 138 valence electrons. The lowest BCUT2D eigenvalue weighted by Crippen LogP contribution is -2.47. The van der Waals surface area contributed by atoms with Crippen molar-refractivity contribution in [3.8, 4) is 0 Å². The molecule has 2 amide bonds. The fourth-order valence-corrected chi connectivity index (χ4v) is 3.64. The van der Waals surface area contributed by atoms with E-state index in [0.29, 0.717) is 13.1 Å². The van der Waals surface area contributed by atoms with Crippen molar-refractivity contribution in [2.75, 3.05) is 52.9 Å². The van der Waals surface area contributed by atoms with Crippen LogP contribution in [0.4, 0.5) is 4.79 Å². The van der Waals surface area contributed by atoms with Crippen molar-refractivity contribution in [1.29, 1.82) is 0 Å². The molecule has 6 nitrogen and oxygen atoms in total. The molecular formula is C19H30N4O2. The molecule has 0 radical (unpaired) electrons. The minimum absolute atomic E-state index is 0.0571. The Kier molecular flexibility index (Phi) is 6.29. The quantitative estimate of drug-likeness (QED) is 0.845. The predicted molar refractivity (Wildman–Crippen MR) is 98.5 cm³/mol. The maximum absolute atomic E-state index is 12.3. The number of nitrogens with one attached hydrogen (secondary N) is 1. The average Bonchev–Trinajstić information content (AvgIpc) is 2.84. The lowest BCUT2D eigenvalue weighted by molar-refractivity contribution is 0.103. The lowest BCUT2D eigenvalue weighted by atomic mass is 10.00. The van der Waals surface area contributed by atoms with E-state index < -0.39 is 6.10 Å². The van der Waals surface area contributed by atoms with Gasteiger partial charge in [0.25, 0.3) is 0 Å². The number of fused-ring (bicyclic) bond motifs is 1. The number of benzene rings is 1. The molecule has 0 aromatic heterocycles. The molecule has 0 bridgehead atoms. The van der Waals surface area contributed by atoms with Crippen LogP contribution < -0.4 is 5.32 Å². The standard InChI is InChI=1S/C19H30N4O2/c1-21-8-4-9-23(12-11-21)19(25)20-13-18(24)15-22-10-7-16-5-2-3-6-17(16)14-22/h2-3,5-6,18,24H,4,7-15H2,1H3,(H,20,25). The van der Waals surface area contributed by atoms with Gasteiger partial charge in [0, 0.05) is 45.8 Å². The molecule has 2 N–H and O–H groups in total. The van der Waals surface area contributed by atoms with Crippen molar-refractivity contribution in [2.24, 2.45) is 0 Å². The molecule has 1 fully saturated rings. The van der Waals surface area contributed by atoms with E-state index in [1.807, 2.05) is 4.90 Å². The summed E-state index contributed by atoms with van der Waals surface area (Å²) in [4.78, 5) is 18.7. The van der Waals surface area contributed by atoms with Crippen LogP contribution in [0.2, 0.25) is 0 Å². The van der Waals surface area contributed by atoms with Gasteiger partial charge in [-0.15, -0.1) is 0 Å². The Bertz CT molecular complexity index is 580. The van der Waals surface area contributed by atoms with Gasteiger partial charge in [0.15, 0.2) is 0 Å². The zero-order valence-electron chi connectivity index (χ0n) is 15.2. The van der Waals surface area contributed by atoms with Crippen molar-refractivity contribution < 1.29 is 9.90 Å². The van der Waals surface area contributed by atoms with Crippen LogP contribution in [0.3, 0.4) is 0 Å². The summed E-state index contributed by atoms with van der Waals surface area (Å²) < 4.78 is 0. The second-order valence-electron chi connectivity index (χ2n) is 7.24. The number of amides is 2.